The van der Waals surface area contributed by atoms with Crippen molar-refractivity contribution >= 4 is 0 Å². The summed E-state index contributed by atoms with van der Waals surface area (Å²) < 4.78 is 0. The van der Waals surface area contributed by atoms with Crippen LogP contribution in [0.3, 0.4) is 0 Å². The van der Waals surface area contributed by atoms with Crippen molar-refractivity contribution in [1.29, 1.82) is 0 Å². The van der Waals surface area contributed by atoms with Crippen LogP contribution in [0, 0.1) is 0 Å². The van der Waals surface area contributed by atoms with Gasteiger partial charge in [0, 0.05) is 11.1 Å². The largest absolute Gasteiger partial charge is 0.282 e. The third kappa shape index (κ3) is 17.9. The minimum atomic E-state index is 0.0927. The van der Waals surface area contributed by atoms with Crippen molar-refractivity contribution in [3.05, 3.63) is 71.8 Å². The fraction of sp³-hybridized carbons (Fsp3) is 0.745. The number of unbranched alkanes of at least 4 members (excludes halogenated alkanes) is 22. The van der Waals surface area contributed by atoms with Crippen LogP contribution in [0.2, 0.25) is 0 Å². The van der Waals surface area contributed by atoms with Crippen LogP contribution in [0.1, 0.15) is 226 Å². The molecule has 0 aliphatic rings. The first-order valence-electron chi connectivity index (χ1n) is 21.2. The first-order chi connectivity index (χ1) is 23.3. The molecule has 0 aliphatic carbocycles. The Morgan fingerprint density at radius 3 is 0.896 bits per heavy atom. The molecule has 0 atom stereocenters. The van der Waals surface area contributed by atoms with Gasteiger partial charge in [0.25, 0.3) is 0 Å². The first kappa shape index (κ1) is 42.6. The van der Waals surface area contributed by atoms with E-state index in [1.807, 2.05) is 0 Å². The summed E-state index contributed by atoms with van der Waals surface area (Å²) in [5, 5.41) is 0. The van der Waals surface area contributed by atoms with Crippen LogP contribution >= 0.6 is 0 Å². The normalized spacial score (nSPS) is 12.4. The summed E-state index contributed by atoms with van der Waals surface area (Å²) >= 11 is 0. The highest BCUT2D eigenvalue weighted by molar-refractivity contribution is 5.33. The van der Waals surface area contributed by atoms with Crippen molar-refractivity contribution in [2.24, 2.45) is 0 Å². The Hall–Kier alpha value is -1.60. The second-order valence-corrected chi connectivity index (χ2v) is 16.5. The maximum absolute atomic E-state index is 2.95. The highest BCUT2D eigenvalue weighted by Gasteiger charge is 2.42. The topological polar surface area (TPSA) is 3.24 Å². The van der Waals surface area contributed by atoms with Crippen LogP contribution in [0.5, 0.6) is 0 Å². The van der Waals surface area contributed by atoms with Gasteiger partial charge in [0.2, 0.25) is 0 Å². The van der Waals surface area contributed by atoms with Crippen molar-refractivity contribution in [1.82, 2.24) is 4.90 Å². The summed E-state index contributed by atoms with van der Waals surface area (Å²) in [6, 6.07) is 23.0. The highest BCUT2D eigenvalue weighted by atomic mass is 15.3. The zero-order valence-corrected chi connectivity index (χ0v) is 33.2. The average Bonchev–Trinajstić information content (AvgIpc) is 3.08. The van der Waals surface area contributed by atoms with Crippen LogP contribution < -0.4 is 0 Å². The van der Waals surface area contributed by atoms with Gasteiger partial charge < -0.3 is 0 Å². The number of hydrogen-bond donors (Lipinski definition) is 0. The third-order valence-electron chi connectivity index (χ3n) is 11.1. The predicted molar refractivity (Wildman–Crippen MR) is 216 cm³/mol. The fourth-order valence-corrected chi connectivity index (χ4v) is 8.32. The van der Waals surface area contributed by atoms with Crippen LogP contribution in [0.25, 0.3) is 0 Å². The summed E-state index contributed by atoms with van der Waals surface area (Å²) in [5.74, 6) is 0. The minimum absolute atomic E-state index is 0.0927. The van der Waals surface area contributed by atoms with Gasteiger partial charge >= 0.3 is 0 Å². The SMILES string of the molecule is CCCCCCCCCCCCCCC(C)(C)N(C(c1ccccc1)c1ccccc1)C(C)(C)CCCCCCCCCCCCCC. The van der Waals surface area contributed by atoms with E-state index in [9.17, 15) is 0 Å². The second-order valence-electron chi connectivity index (χ2n) is 16.5. The van der Waals surface area contributed by atoms with Crippen LogP contribution in [-0.4, -0.2) is 16.0 Å². The molecule has 2 aromatic rings. The first-order valence-corrected chi connectivity index (χ1v) is 21.2. The lowest BCUT2D eigenvalue weighted by Gasteiger charge is -2.53. The van der Waals surface area contributed by atoms with Gasteiger partial charge in [-0.15, -0.1) is 0 Å². The number of rotatable bonds is 31. The van der Waals surface area contributed by atoms with Gasteiger partial charge in [-0.05, 0) is 51.7 Å². The maximum Gasteiger partial charge on any atom is 0.0611 e. The molecule has 0 aromatic heterocycles. The molecule has 2 rings (SSSR count). The Morgan fingerprint density at radius 1 is 0.375 bits per heavy atom. The molecule has 2 aromatic carbocycles. The molecule has 0 fully saturated rings. The van der Waals surface area contributed by atoms with Gasteiger partial charge in [0.15, 0.2) is 0 Å². The zero-order valence-electron chi connectivity index (χ0n) is 33.2. The Bertz CT molecular complexity index is 897. The third-order valence-corrected chi connectivity index (χ3v) is 11.1. The summed E-state index contributed by atoms with van der Waals surface area (Å²) in [6.45, 7) is 14.8. The molecule has 0 heterocycles. The number of nitrogens with zero attached hydrogens (tertiary/aromatic N) is 1. The molecule has 0 amide bonds. The smallest absolute Gasteiger partial charge is 0.0611 e. The van der Waals surface area contributed by atoms with Crippen molar-refractivity contribution in [3.63, 3.8) is 0 Å². The van der Waals surface area contributed by atoms with Crippen molar-refractivity contribution in [2.75, 3.05) is 0 Å². The zero-order chi connectivity index (χ0) is 34.8. The van der Waals surface area contributed by atoms with Crippen molar-refractivity contribution in [2.45, 2.75) is 226 Å². The minimum Gasteiger partial charge on any atom is -0.282 e. The standard InChI is InChI=1S/C47H81N/c1-7-9-11-13-15-17-19-21-23-25-27-35-41-46(3,4)48(45(43-37-31-29-32-38-43)44-39-33-30-34-40-44)47(5,6)42-36-28-26-24-22-20-18-16-14-12-10-8-2/h29-34,37-40,45H,7-28,35-36,41-42H2,1-6H3. The molecule has 0 aliphatic heterocycles. The van der Waals surface area contributed by atoms with E-state index in [1.165, 1.54) is 178 Å². The van der Waals surface area contributed by atoms with Crippen LogP contribution in [0.15, 0.2) is 60.7 Å². The van der Waals surface area contributed by atoms with Crippen molar-refractivity contribution < 1.29 is 0 Å². The molecule has 0 bridgehead atoms. The molecular formula is C47H81N. The van der Waals surface area contributed by atoms with Gasteiger partial charge in [-0.25, -0.2) is 0 Å². The monoisotopic (exact) mass is 660 g/mol. The average molecular weight is 660 g/mol. The van der Waals surface area contributed by atoms with Crippen LogP contribution in [0.4, 0.5) is 0 Å². The Balaban J connectivity index is 1.97. The Labute approximate surface area is 301 Å². The number of benzene rings is 2. The predicted octanol–water partition coefficient (Wildman–Crippen LogP) is 15.8. The van der Waals surface area contributed by atoms with Gasteiger partial charge in [0.05, 0.1) is 6.04 Å². The molecule has 48 heavy (non-hydrogen) atoms. The number of hydrogen-bond acceptors (Lipinski definition) is 1. The molecule has 1 heteroatoms. The molecule has 0 saturated carbocycles. The van der Waals surface area contributed by atoms with E-state index in [0.717, 1.165) is 0 Å². The quantitative estimate of drug-likeness (QED) is 0.0728. The second kappa shape index (κ2) is 26.2. The molecule has 0 unspecified atom stereocenters. The lowest BCUT2D eigenvalue weighted by atomic mass is 9.81. The maximum atomic E-state index is 2.95. The van der Waals surface area contributed by atoms with E-state index in [2.05, 4.69) is 107 Å². The summed E-state index contributed by atoms with van der Waals surface area (Å²) in [5.41, 5.74) is 3.04. The summed E-state index contributed by atoms with van der Waals surface area (Å²) in [7, 11) is 0. The van der Waals surface area contributed by atoms with Gasteiger partial charge in [0.1, 0.15) is 0 Å². The highest BCUT2D eigenvalue weighted by Crippen LogP contribution is 2.43. The fourth-order valence-electron chi connectivity index (χ4n) is 8.32. The molecule has 0 saturated heterocycles. The van der Waals surface area contributed by atoms with Gasteiger partial charge in [-0.1, -0.05) is 229 Å². The molecule has 0 spiro atoms. The molecular weight excluding hydrogens is 579 g/mol. The van der Waals surface area contributed by atoms with E-state index < -0.39 is 0 Å². The lowest BCUT2D eigenvalue weighted by molar-refractivity contribution is -0.0241. The Kier molecular flexibility index (Phi) is 23.3. The van der Waals surface area contributed by atoms with E-state index in [0.29, 0.717) is 0 Å². The summed E-state index contributed by atoms with van der Waals surface area (Å²) in [6.07, 6.45) is 36.4. The van der Waals surface area contributed by atoms with E-state index in [1.54, 1.807) is 0 Å². The molecule has 0 N–H and O–H groups in total. The van der Waals surface area contributed by atoms with Crippen LogP contribution in [-0.2, 0) is 0 Å². The van der Waals surface area contributed by atoms with E-state index in [4.69, 9.17) is 0 Å². The molecule has 274 valence electrons. The molecule has 0 radical (unpaired) electrons. The lowest BCUT2D eigenvalue weighted by Crippen LogP contribution is -2.57. The summed E-state index contributed by atoms with van der Waals surface area (Å²) in [4.78, 5) is 2.95. The van der Waals surface area contributed by atoms with Gasteiger partial charge in [-0.3, -0.25) is 4.90 Å². The van der Waals surface area contributed by atoms with Gasteiger partial charge in [-0.2, -0.15) is 0 Å². The Morgan fingerprint density at radius 2 is 0.625 bits per heavy atom. The van der Waals surface area contributed by atoms with E-state index >= 15 is 0 Å². The molecule has 1 nitrogen and oxygen atoms in total. The van der Waals surface area contributed by atoms with Crippen molar-refractivity contribution in [3.8, 4) is 0 Å². The van der Waals surface area contributed by atoms with E-state index in [-0.39, 0.29) is 17.1 Å².